The molecular formula is C6H9NO3. The fourth-order valence-electron chi connectivity index (χ4n) is 0.991. The molecule has 0 aromatic rings. The number of carboxylic acids is 1. The number of piperidine rings is 1. The summed E-state index contributed by atoms with van der Waals surface area (Å²) in [7, 11) is 0. The minimum absolute atomic E-state index is 0.154. The fourth-order valence-corrected chi connectivity index (χ4v) is 0.991. The van der Waals surface area contributed by atoms with Crippen molar-refractivity contribution in [3.63, 3.8) is 0 Å². The maximum Gasteiger partial charge on any atom is 0.326 e. The predicted octanol–water partition coefficient (Wildman–Crippen LogP) is -0.260. The molecule has 0 aromatic carbocycles. The van der Waals surface area contributed by atoms with E-state index in [1.54, 1.807) is 0 Å². The van der Waals surface area contributed by atoms with Crippen molar-refractivity contribution in [2.24, 2.45) is 0 Å². The molecule has 4 nitrogen and oxygen atoms in total. The standard InChI is InChI=1S/C6H9NO3/c8-5-3-1-2-4(7-5)6(9)10/h4H,1-3H2,(H,7,8)(H,9,10). The number of hydrogen-bond donors (Lipinski definition) is 2. The van der Waals surface area contributed by atoms with Crippen molar-refractivity contribution in [3.8, 4) is 0 Å². The normalized spacial score (nSPS) is 25.6. The van der Waals surface area contributed by atoms with Gasteiger partial charge in [-0.1, -0.05) is 0 Å². The van der Waals surface area contributed by atoms with Crippen molar-refractivity contribution in [1.82, 2.24) is 5.32 Å². The van der Waals surface area contributed by atoms with Crippen LogP contribution in [0.3, 0.4) is 0 Å². The molecule has 1 heterocycles. The third-order valence-corrected chi connectivity index (χ3v) is 1.53. The smallest absolute Gasteiger partial charge is 0.326 e. The Labute approximate surface area is 58.2 Å². The largest absolute Gasteiger partial charge is 0.480 e. The molecule has 1 unspecified atom stereocenters. The van der Waals surface area contributed by atoms with E-state index in [-0.39, 0.29) is 5.91 Å². The molecule has 1 rings (SSSR count). The summed E-state index contributed by atoms with van der Waals surface area (Å²) < 4.78 is 0. The lowest BCUT2D eigenvalue weighted by Gasteiger charge is -2.18. The SMILES string of the molecule is O=C1CCCC(C(=O)O)N1. The monoisotopic (exact) mass is 143 g/mol. The maximum absolute atomic E-state index is 10.6. The van der Waals surface area contributed by atoms with E-state index in [1.165, 1.54) is 0 Å². The molecule has 0 bridgehead atoms. The molecule has 4 heteroatoms. The van der Waals surface area contributed by atoms with E-state index in [4.69, 9.17) is 5.11 Å². The Bertz CT molecular complexity index is 164. The zero-order valence-corrected chi connectivity index (χ0v) is 5.46. The molecule has 1 amide bonds. The third-order valence-electron chi connectivity index (χ3n) is 1.53. The van der Waals surface area contributed by atoms with Crippen LogP contribution in [0.1, 0.15) is 19.3 Å². The first kappa shape index (κ1) is 7.05. The highest BCUT2D eigenvalue weighted by atomic mass is 16.4. The molecule has 1 fully saturated rings. The second-order valence-electron chi connectivity index (χ2n) is 2.35. The topological polar surface area (TPSA) is 66.4 Å². The van der Waals surface area contributed by atoms with Crippen LogP contribution in [0, 0.1) is 0 Å². The van der Waals surface area contributed by atoms with Gasteiger partial charge in [-0.3, -0.25) is 4.79 Å². The number of amides is 1. The minimum Gasteiger partial charge on any atom is -0.480 e. The molecule has 1 saturated heterocycles. The first-order valence-corrected chi connectivity index (χ1v) is 3.22. The van der Waals surface area contributed by atoms with E-state index >= 15 is 0 Å². The van der Waals surface area contributed by atoms with E-state index < -0.39 is 12.0 Å². The molecule has 0 radical (unpaired) electrons. The summed E-state index contributed by atoms with van der Waals surface area (Å²) in [6.45, 7) is 0. The van der Waals surface area contributed by atoms with E-state index in [0.29, 0.717) is 19.3 Å². The predicted molar refractivity (Wildman–Crippen MR) is 33.4 cm³/mol. The first-order valence-electron chi connectivity index (χ1n) is 3.22. The number of nitrogens with one attached hydrogen (secondary N) is 1. The van der Waals surface area contributed by atoms with Crippen LogP contribution in [-0.2, 0) is 9.59 Å². The van der Waals surface area contributed by atoms with Gasteiger partial charge in [-0.05, 0) is 12.8 Å². The zero-order chi connectivity index (χ0) is 7.56. The van der Waals surface area contributed by atoms with Crippen LogP contribution in [0.4, 0.5) is 0 Å². The second-order valence-corrected chi connectivity index (χ2v) is 2.35. The summed E-state index contributed by atoms with van der Waals surface area (Å²) in [5.74, 6) is -1.09. The Morgan fingerprint density at radius 2 is 2.40 bits per heavy atom. The van der Waals surface area contributed by atoms with Crippen LogP contribution in [0.5, 0.6) is 0 Å². The molecule has 0 aromatic heterocycles. The molecule has 56 valence electrons. The highest BCUT2D eigenvalue weighted by Crippen LogP contribution is 2.07. The number of carbonyl (C=O) groups is 2. The van der Waals surface area contributed by atoms with Crippen molar-refractivity contribution in [2.75, 3.05) is 0 Å². The van der Waals surface area contributed by atoms with Gasteiger partial charge in [0.25, 0.3) is 0 Å². The molecule has 0 aliphatic carbocycles. The van der Waals surface area contributed by atoms with Crippen molar-refractivity contribution in [2.45, 2.75) is 25.3 Å². The van der Waals surface area contributed by atoms with E-state index in [2.05, 4.69) is 5.32 Å². The summed E-state index contributed by atoms with van der Waals surface area (Å²) >= 11 is 0. The van der Waals surface area contributed by atoms with E-state index in [9.17, 15) is 9.59 Å². The van der Waals surface area contributed by atoms with Crippen molar-refractivity contribution >= 4 is 11.9 Å². The van der Waals surface area contributed by atoms with Gasteiger partial charge in [0, 0.05) is 6.42 Å². The minimum atomic E-state index is -0.937. The number of aliphatic carboxylic acids is 1. The number of hydrogen-bond acceptors (Lipinski definition) is 2. The van der Waals surface area contributed by atoms with Crippen LogP contribution >= 0.6 is 0 Å². The number of carboxylic acid groups (broad SMARTS) is 1. The van der Waals surface area contributed by atoms with Gasteiger partial charge in [0.2, 0.25) is 5.91 Å². The molecular weight excluding hydrogens is 134 g/mol. The Morgan fingerprint density at radius 3 is 2.80 bits per heavy atom. The van der Waals surface area contributed by atoms with Gasteiger partial charge in [-0.25, -0.2) is 4.79 Å². The van der Waals surface area contributed by atoms with Gasteiger partial charge in [0.1, 0.15) is 6.04 Å². The molecule has 1 aliphatic rings. The Kier molecular flexibility index (Phi) is 1.89. The lowest BCUT2D eigenvalue weighted by molar-refractivity contribution is -0.143. The Morgan fingerprint density at radius 1 is 1.70 bits per heavy atom. The summed E-state index contributed by atoms with van der Waals surface area (Å²) in [6.07, 6.45) is 1.70. The van der Waals surface area contributed by atoms with Crippen LogP contribution in [0.2, 0.25) is 0 Å². The highest BCUT2D eigenvalue weighted by molar-refractivity contribution is 5.84. The molecule has 0 saturated carbocycles. The average molecular weight is 143 g/mol. The van der Waals surface area contributed by atoms with Crippen LogP contribution in [0.25, 0.3) is 0 Å². The van der Waals surface area contributed by atoms with Crippen molar-refractivity contribution in [3.05, 3.63) is 0 Å². The van der Waals surface area contributed by atoms with Crippen LogP contribution < -0.4 is 5.32 Å². The average Bonchev–Trinajstić information content (AvgIpc) is 1.88. The quantitative estimate of drug-likeness (QED) is 0.531. The summed E-state index contributed by atoms with van der Waals surface area (Å²) in [5.41, 5.74) is 0. The van der Waals surface area contributed by atoms with Gasteiger partial charge in [-0.2, -0.15) is 0 Å². The third kappa shape index (κ3) is 1.46. The molecule has 1 aliphatic heterocycles. The second kappa shape index (κ2) is 2.68. The van der Waals surface area contributed by atoms with Gasteiger partial charge >= 0.3 is 5.97 Å². The molecule has 10 heavy (non-hydrogen) atoms. The number of rotatable bonds is 1. The zero-order valence-electron chi connectivity index (χ0n) is 5.46. The number of carbonyl (C=O) groups excluding carboxylic acids is 1. The highest BCUT2D eigenvalue weighted by Gasteiger charge is 2.23. The van der Waals surface area contributed by atoms with Gasteiger partial charge in [0.15, 0.2) is 0 Å². The van der Waals surface area contributed by atoms with Gasteiger partial charge in [0.05, 0.1) is 0 Å². The van der Waals surface area contributed by atoms with Crippen molar-refractivity contribution < 1.29 is 14.7 Å². The summed E-state index contributed by atoms with van der Waals surface area (Å²) in [6, 6.07) is -0.652. The van der Waals surface area contributed by atoms with E-state index in [1.807, 2.05) is 0 Å². The lowest BCUT2D eigenvalue weighted by atomic mass is 10.1. The van der Waals surface area contributed by atoms with Crippen LogP contribution in [-0.4, -0.2) is 23.0 Å². The maximum atomic E-state index is 10.6. The summed E-state index contributed by atoms with van der Waals surface area (Å²) in [4.78, 5) is 20.9. The van der Waals surface area contributed by atoms with E-state index in [0.717, 1.165) is 0 Å². The Balaban J connectivity index is 2.47. The Hall–Kier alpha value is -1.06. The lowest BCUT2D eigenvalue weighted by Crippen LogP contribution is -2.43. The van der Waals surface area contributed by atoms with Gasteiger partial charge < -0.3 is 10.4 Å². The molecule has 0 spiro atoms. The van der Waals surface area contributed by atoms with Crippen LogP contribution in [0.15, 0.2) is 0 Å². The van der Waals surface area contributed by atoms with Gasteiger partial charge in [-0.15, -0.1) is 0 Å². The summed E-state index contributed by atoms with van der Waals surface area (Å²) in [5, 5.41) is 10.8. The van der Waals surface area contributed by atoms with Crippen molar-refractivity contribution in [1.29, 1.82) is 0 Å². The molecule has 1 atom stereocenters. The molecule has 2 N–H and O–H groups in total. The fraction of sp³-hybridized carbons (Fsp3) is 0.667. The first-order chi connectivity index (χ1) is 4.70.